The number of ether oxygens (including phenoxy) is 1. The second-order valence-corrected chi connectivity index (χ2v) is 5.11. The Hall–Kier alpha value is -1.20. The van der Waals surface area contributed by atoms with Gasteiger partial charge in [-0.2, -0.15) is 0 Å². The first kappa shape index (κ1) is 11.9. The molecule has 1 unspecified atom stereocenters. The molecule has 1 N–H and O–H groups in total. The summed E-state index contributed by atoms with van der Waals surface area (Å²) in [5, 5.41) is 3.40. The highest BCUT2D eigenvalue weighted by Crippen LogP contribution is 2.26. The predicted octanol–water partition coefficient (Wildman–Crippen LogP) is 0.779. The maximum absolute atomic E-state index is 5.43. The van der Waals surface area contributed by atoms with E-state index in [0.29, 0.717) is 12.0 Å². The minimum absolute atomic E-state index is 0.449. The van der Waals surface area contributed by atoms with E-state index < -0.39 is 0 Å². The molecule has 0 aliphatic carbocycles. The number of rotatable bonds is 2. The zero-order valence-corrected chi connectivity index (χ0v) is 10.8. The Balaban J connectivity index is 1.81. The quantitative estimate of drug-likeness (QED) is 0.838. The molecule has 2 aliphatic heterocycles. The maximum atomic E-state index is 5.43. The molecule has 0 bridgehead atoms. The summed E-state index contributed by atoms with van der Waals surface area (Å²) < 4.78 is 5.43. The molecule has 1 aromatic rings. The van der Waals surface area contributed by atoms with Crippen molar-refractivity contribution < 1.29 is 4.74 Å². The van der Waals surface area contributed by atoms with Crippen molar-refractivity contribution in [1.29, 1.82) is 0 Å². The Morgan fingerprint density at radius 2 is 2.39 bits per heavy atom. The van der Waals surface area contributed by atoms with Crippen molar-refractivity contribution in [2.45, 2.75) is 25.3 Å². The van der Waals surface area contributed by atoms with Crippen molar-refractivity contribution in [2.75, 3.05) is 37.7 Å². The van der Waals surface area contributed by atoms with Gasteiger partial charge in [-0.3, -0.25) is 0 Å². The number of nitrogens with zero attached hydrogens (tertiary/aromatic N) is 3. The lowest BCUT2D eigenvalue weighted by atomic mass is 10.0. The second-order valence-electron chi connectivity index (χ2n) is 5.11. The van der Waals surface area contributed by atoms with Crippen molar-refractivity contribution in [3.8, 4) is 0 Å². The Bertz CT molecular complexity index is 406. The highest BCUT2D eigenvalue weighted by atomic mass is 16.5. The van der Waals surface area contributed by atoms with E-state index in [4.69, 9.17) is 4.74 Å². The SMILES string of the molecule is C[C@@H]1CNCCN1c1cc(C2CCOC2)ncn1. The van der Waals surface area contributed by atoms with Crippen LogP contribution in [-0.4, -0.2) is 48.9 Å². The Kier molecular flexibility index (Phi) is 3.43. The van der Waals surface area contributed by atoms with Gasteiger partial charge < -0.3 is 15.0 Å². The van der Waals surface area contributed by atoms with Gasteiger partial charge in [-0.25, -0.2) is 9.97 Å². The van der Waals surface area contributed by atoms with Crippen molar-refractivity contribution in [3.63, 3.8) is 0 Å². The lowest BCUT2D eigenvalue weighted by Gasteiger charge is -2.35. The fraction of sp³-hybridized carbons (Fsp3) is 0.692. The third-order valence-electron chi connectivity index (χ3n) is 3.82. The molecule has 3 heterocycles. The lowest BCUT2D eigenvalue weighted by Crippen LogP contribution is -2.50. The molecule has 2 atom stereocenters. The highest BCUT2D eigenvalue weighted by Gasteiger charge is 2.23. The van der Waals surface area contributed by atoms with Gasteiger partial charge in [0.1, 0.15) is 12.1 Å². The zero-order chi connectivity index (χ0) is 12.4. The summed E-state index contributed by atoms with van der Waals surface area (Å²) in [7, 11) is 0. The lowest BCUT2D eigenvalue weighted by molar-refractivity contribution is 0.193. The van der Waals surface area contributed by atoms with Crippen LogP contribution in [0.25, 0.3) is 0 Å². The summed E-state index contributed by atoms with van der Waals surface area (Å²) in [6, 6.07) is 2.63. The number of aromatic nitrogens is 2. The van der Waals surface area contributed by atoms with Gasteiger partial charge in [0.05, 0.1) is 12.3 Å². The molecule has 5 nitrogen and oxygen atoms in total. The third kappa shape index (κ3) is 2.33. The highest BCUT2D eigenvalue weighted by molar-refractivity contribution is 5.41. The van der Waals surface area contributed by atoms with Crippen molar-refractivity contribution in [3.05, 3.63) is 18.1 Å². The van der Waals surface area contributed by atoms with Gasteiger partial charge >= 0.3 is 0 Å². The molecular formula is C13H20N4O. The van der Waals surface area contributed by atoms with Crippen LogP contribution in [0.4, 0.5) is 5.82 Å². The van der Waals surface area contributed by atoms with E-state index in [1.807, 2.05) is 0 Å². The first-order valence-corrected chi connectivity index (χ1v) is 6.71. The zero-order valence-electron chi connectivity index (χ0n) is 10.8. The minimum Gasteiger partial charge on any atom is -0.381 e. The van der Waals surface area contributed by atoms with E-state index >= 15 is 0 Å². The molecular weight excluding hydrogens is 228 g/mol. The van der Waals surface area contributed by atoms with Gasteiger partial charge in [0.25, 0.3) is 0 Å². The number of piperazine rings is 1. The predicted molar refractivity (Wildman–Crippen MR) is 69.9 cm³/mol. The van der Waals surface area contributed by atoms with Crippen molar-refractivity contribution in [1.82, 2.24) is 15.3 Å². The molecule has 0 amide bonds. The molecule has 0 spiro atoms. The van der Waals surface area contributed by atoms with Crippen LogP contribution >= 0.6 is 0 Å². The van der Waals surface area contributed by atoms with Gasteiger partial charge in [-0.15, -0.1) is 0 Å². The Morgan fingerprint density at radius 1 is 1.44 bits per heavy atom. The molecule has 0 saturated carbocycles. The van der Waals surface area contributed by atoms with E-state index in [1.54, 1.807) is 6.33 Å². The van der Waals surface area contributed by atoms with Crippen molar-refractivity contribution in [2.24, 2.45) is 0 Å². The largest absolute Gasteiger partial charge is 0.381 e. The van der Waals surface area contributed by atoms with Crippen molar-refractivity contribution >= 4 is 5.82 Å². The molecule has 0 radical (unpaired) electrons. The number of anilines is 1. The van der Waals surface area contributed by atoms with Crippen LogP contribution in [0.3, 0.4) is 0 Å². The summed E-state index contributed by atoms with van der Waals surface area (Å²) in [5.41, 5.74) is 1.13. The normalized spacial score (nSPS) is 28.6. The average Bonchev–Trinajstić information content (AvgIpc) is 2.93. The Labute approximate surface area is 108 Å². The van der Waals surface area contributed by atoms with Crippen LogP contribution in [0.5, 0.6) is 0 Å². The molecule has 18 heavy (non-hydrogen) atoms. The maximum Gasteiger partial charge on any atom is 0.132 e. The van der Waals surface area contributed by atoms with E-state index in [1.165, 1.54) is 0 Å². The van der Waals surface area contributed by atoms with Crippen LogP contribution in [0.2, 0.25) is 0 Å². The van der Waals surface area contributed by atoms with E-state index in [2.05, 4.69) is 33.2 Å². The van der Waals surface area contributed by atoms with Gasteiger partial charge in [-0.1, -0.05) is 0 Å². The fourth-order valence-electron chi connectivity index (χ4n) is 2.69. The molecule has 2 fully saturated rings. The van der Waals surface area contributed by atoms with Gasteiger partial charge in [0.15, 0.2) is 0 Å². The van der Waals surface area contributed by atoms with Gasteiger partial charge in [0.2, 0.25) is 0 Å². The summed E-state index contributed by atoms with van der Waals surface area (Å²) in [6.07, 6.45) is 2.77. The smallest absolute Gasteiger partial charge is 0.132 e. The number of nitrogens with one attached hydrogen (secondary N) is 1. The monoisotopic (exact) mass is 248 g/mol. The van der Waals surface area contributed by atoms with Crippen LogP contribution in [0.15, 0.2) is 12.4 Å². The topological polar surface area (TPSA) is 50.3 Å². The second kappa shape index (κ2) is 5.20. The molecule has 5 heteroatoms. The molecule has 1 aromatic heterocycles. The van der Waals surface area contributed by atoms with Gasteiger partial charge in [0, 0.05) is 44.3 Å². The van der Waals surface area contributed by atoms with E-state index in [9.17, 15) is 0 Å². The van der Waals surface area contributed by atoms with Crippen LogP contribution in [0.1, 0.15) is 25.0 Å². The van der Waals surface area contributed by atoms with E-state index in [0.717, 1.165) is 50.8 Å². The van der Waals surface area contributed by atoms with Crippen LogP contribution in [-0.2, 0) is 4.74 Å². The third-order valence-corrected chi connectivity index (χ3v) is 3.82. The van der Waals surface area contributed by atoms with Gasteiger partial charge in [-0.05, 0) is 13.3 Å². The van der Waals surface area contributed by atoms with E-state index in [-0.39, 0.29) is 0 Å². The molecule has 0 aromatic carbocycles. The Morgan fingerprint density at radius 3 is 3.17 bits per heavy atom. The molecule has 2 saturated heterocycles. The summed E-state index contributed by atoms with van der Waals surface area (Å²) >= 11 is 0. The summed E-state index contributed by atoms with van der Waals surface area (Å²) in [4.78, 5) is 11.2. The van der Waals surface area contributed by atoms with Crippen LogP contribution < -0.4 is 10.2 Å². The summed E-state index contributed by atoms with van der Waals surface area (Å²) in [5.74, 6) is 1.51. The number of hydrogen-bond donors (Lipinski definition) is 1. The minimum atomic E-state index is 0.449. The summed E-state index contributed by atoms with van der Waals surface area (Å²) in [6.45, 7) is 6.94. The molecule has 98 valence electrons. The first-order valence-electron chi connectivity index (χ1n) is 6.71. The molecule has 3 rings (SSSR count). The first-order chi connectivity index (χ1) is 8.84. The standard InChI is InChI=1S/C13H20N4O/c1-10-7-14-3-4-17(10)13-6-12(15-9-16-13)11-2-5-18-8-11/h6,9-11,14H,2-5,7-8H2,1H3/t10-,11?/m1/s1. The number of hydrogen-bond acceptors (Lipinski definition) is 5. The molecule has 2 aliphatic rings. The fourth-order valence-corrected chi connectivity index (χ4v) is 2.69. The van der Waals surface area contributed by atoms with Crippen LogP contribution in [0, 0.1) is 0 Å². The average molecular weight is 248 g/mol.